The molecule has 1 amide bonds. The first-order chi connectivity index (χ1) is 12.7. The SMILES string of the molecule is O=C(CCc1ccccc1)N1CCN(c2ccc3[nH]c(=O)oc3c2)CC1. The molecule has 0 spiro atoms. The number of aryl methyl sites for hydroxylation is 1. The van der Waals surface area contributed by atoms with E-state index in [0.717, 1.165) is 25.2 Å². The van der Waals surface area contributed by atoms with E-state index in [1.54, 1.807) is 0 Å². The molecule has 3 aromatic rings. The third-order valence-corrected chi connectivity index (χ3v) is 4.87. The van der Waals surface area contributed by atoms with Crippen molar-refractivity contribution in [3.63, 3.8) is 0 Å². The number of H-pyrrole nitrogens is 1. The fourth-order valence-corrected chi connectivity index (χ4v) is 3.40. The van der Waals surface area contributed by atoms with Gasteiger partial charge in [-0.2, -0.15) is 0 Å². The van der Waals surface area contributed by atoms with E-state index in [1.165, 1.54) is 5.56 Å². The molecule has 0 saturated carbocycles. The quantitative estimate of drug-likeness (QED) is 0.784. The molecule has 2 heterocycles. The number of aromatic nitrogens is 1. The van der Waals surface area contributed by atoms with Gasteiger partial charge in [-0.25, -0.2) is 4.79 Å². The van der Waals surface area contributed by atoms with E-state index < -0.39 is 5.76 Å². The summed E-state index contributed by atoms with van der Waals surface area (Å²) in [5.41, 5.74) is 3.47. The Morgan fingerprint density at radius 3 is 2.58 bits per heavy atom. The number of benzene rings is 2. The zero-order valence-electron chi connectivity index (χ0n) is 14.5. The highest BCUT2D eigenvalue weighted by Gasteiger charge is 2.21. The molecule has 0 unspecified atom stereocenters. The van der Waals surface area contributed by atoms with Crippen molar-refractivity contribution in [3.05, 3.63) is 64.6 Å². The Balaban J connectivity index is 1.34. The minimum atomic E-state index is -0.439. The molecule has 1 N–H and O–H groups in total. The smallest absolute Gasteiger partial charge is 0.408 e. The summed E-state index contributed by atoms with van der Waals surface area (Å²) < 4.78 is 5.13. The first-order valence-electron chi connectivity index (χ1n) is 8.88. The molecule has 1 saturated heterocycles. The van der Waals surface area contributed by atoms with Crippen molar-refractivity contribution >= 4 is 22.7 Å². The molecule has 1 aromatic heterocycles. The first-order valence-corrected chi connectivity index (χ1v) is 8.88. The van der Waals surface area contributed by atoms with Gasteiger partial charge in [-0.05, 0) is 24.1 Å². The highest BCUT2D eigenvalue weighted by atomic mass is 16.4. The molecule has 1 fully saturated rings. The minimum absolute atomic E-state index is 0.209. The van der Waals surface area contributed by atoms with Crippen LogP contribution < -0.4 is 10.7 Å². The van der Waals surface area contributed by atoms with Crippen LogP contribution in [-0.2, 0) is 11.2 Å². The van der Waals surface area contributed by atoms with E-state index in [9.17, 15) is 9.59 Å². The van der Waals surface area contributed by atoms with Gasteiger partial charge in [0.25, 0.3) is 0 Å². The minimum Gasteiger partial charge on any atom is -0.408 e. The Morgan fingerprint density at radius 1 is 1.04 bits per heavy atom. The summed E-state index contributed by atoms with van der Waals surface area (Å²) in [5, 5.41) is 0. The Labute approximate surface area is 151 Å². The summed E-state index contributed by atoms with van der Waals surface area (Å²) in [4.78, 5) is 30.5. The maximum Gasteiger partial charge on any atom is 0.417 e. The lowest BCUT2D eigenvalue weighted by atomic mass is 10.1. The van der Waals surface area contributed by atoms with Gasteiger partial charge in [-0.15, -0.1) is 0 Å². The molecule has 1 aliphatic heterocycles. The van der Waals surface area contributed by atoms with E-state index in [2.05, 4.69) is 22.0 Å². The van der Waals surface area contributed by atoms with Crippen LogP contribution in [0.4, 0.5) is 5.69 Å². The lowest BCUT2D eigenvalue weighted by molar-refractivity contribution is -0.131. The van der Waals surface area contributed by atoms with Crippen LogP contribution in [-0.4, -0.2) is 42.0 Å². The van der Waals surface area contributed by atoms with Gasteiger partial charge in [0, 0.05) is 44.4 Å². The van der Waals surface area contributed by atoms with Crippen molar-refractivity contribution in [3.8, 4) is 0 Å². The monoisotopic (exact) mass is 351 g/mol. The van der Waals surface area contributed by atoms with Gasteiger partial charge in [0.1, 0.15) is 0 Å². The van der Waals surface area contributed by atoms with Crippen molar-refractivity contribution in [2.75, 3.05) is 31.1 Å². The van der Waals surface area contributed by atoms with E-state index in [-0.39, 0.29) is 5.91 Å². The number of nitrogens with one attached hydrogen (secondary N) is 1. The van der Waals surface area contributed by atoms with Crippen molar-refractivity contribution in [1.82, 2.24) is 9.88 Å². The third-order valence-electron chi connectivity index (χ3n) is 4.87. The van der Waals surface area contributed by atoms with Crippen molar-refractivity contribution in [2.45, 2.75) is 12.8 Å². The lowest BCUT2D eigenvalue weighted by Crippen LogP contribution is -2.48. The van der Waals surface area contributed by atoms with Crippen LogP contribution in [0.3, 0.4) is 0 Å². The van der Waals surface area contributed by atoms with Crippen LogP contribution in [0.15, 0.2) is 57.7 Å². The number of hydrogen-bond acceptors (Lipinski definition) is 4. The predicted molar refractivity (Wildman–Crippen MR) is 100 cm³/mol. The molecular formula is C20H21N3O3. The van der Waals surface area contributed by atoms with Gasteiger partial charge in [0.05, 0.1) is 5.52 Å². The standard InChI is InChI=1S/C20H21N3O3/c24-19(9-6-15-4-2-1-3-5-15)23-12-10-22(11-13-23)16-7-8-17-18(14-16)26-20(25)21-17/h1-5,7-8,14H,6,9-13H2,(H,21,25). The second kappa shape index (κ2) is 7.07. The number of rotatable bonds is 4. The van der Waals surface area contributed by atoms with Crippen LogP contribution in [0.1, 0.15) is 12.0 Å². The summed E-state index contributed by atoms with van der Waals surface area (Å²) in [6, 6.07) is 15.8. The van der Waals surface area contributed by atoms with Gasteiger partial charge in [0.2, 0.25) is 5.91 Å². The van der Waals surface area contributed by atoms with Crippen molar-refractivity contribution in [1.29, 1.82) is 0 Å². The fourth-order valence-electron chi connectivity index (χ4n) is 3.40. The number of amides is 1. The van der Waals surface area contributed by atoms with Gasteiger partial charge in [-0.3, -0.25) is 9.78 Å². The number of anilines is 1. The second-order valence-electron chi connectivity index (χ2n) is 6.55. The molecule has 1 aliphatic rings. The van der Waals surface area contributed by atoms with Gasteiger partial charge < -0.3 is 14.2 Å². The van der Waals surface area contributed by atoms with E-state index in [0.29, 0.717) is 30.6 Å². The van der Waals surface area contributed by atoms with Crippen LogP contribution in [0.2, 0.25) is 0 Å². The highest BCUT2D eigenvalue weighted by molar-refractivity contribution is 5.78. The number of carbonyl (C=O) groups is 1. The van der Waals surface area contributed by atoms with Crippen LogP contribution >= 0.6 is 0 Å². The van der Waals surface area contributed by atoms with Crippen LogP contribution in [0.5, 0.6) is 0 Å². The number of nitrogens with zero attached hydrogens (tertiary/aromatic N) is 2. The molecule has 134 valence electrons. The Morgan fingerprint density at radius 2 is 1.81 bits per heavy atom. The third kappa shape index (κ3) is 3.49. The normalized spacial score (nSPS) is 14.8. The summed E-state index contributed by atoms with van der Waals surface area (Å²) in [5.74, 6) is -0.230. The molecule has 0 bridgehead atoms. The van der Waals surface area contributed by atoms with Crippen LogP contribution in [0, 0.1) is 0 Å². The Bertz CT molecular complexity index is 953. The second-order valence-corrected chi connectivity index (χ2v) is 6.55. The maximum absolute atomic E-state index is 12.4. The molecule has 0 radical (unpaired) electrons. The number of aromatic amines is 1. The van der Waals surface area contributed by atoms with Gasteiger partial charge in [0.15, 0.2) is 5.58 Å². The average Bonchev–Trinajstić information content (AvgIpc) is 3.06. The summed E-state index contributed by atoms with van der Waals surface area (Å²) >= 11 is 0. The van der Waals surface area contributed by atoms with Crippen molar-refractivity contribution < 1.29 is 9.21 Å². The molecule has 26 heavy (non-hydrogen) atoms. The lowest BCUT2D eigenvalue weighted by Gasteiger charge is -2.36. The number of fused-ring (bicyclic) bond motifs is 1. The van der Waals surface area contributed by atoms with E-state index in [1.807, 2.05) is 41.3 Å². The number of oxazole rings is 1. The summed E-state index contributed by atoms with van der Waals surface area (Å²) in [6.45, 7) is 2.97. The molecule has 0 aliphatic carbocycles. The highest BCUT2D eigenvalue weighted by Crippen LogP contribution is 2.21. The molecule has 6 heteroatoms. The van der Waals surface area contributed by atoms with E-state index in [4.69, 9.17) is 4.42 Å². The Hall–Kier alpha value is -3.02. The van der Waals surface area contributed by atoms with Crippen LogP contribution in [0.25, 0.3) is 11.1 Å². The fraction of sp³-hybridized carbons (Fsp3) is 0.300. The molecule has 4 rings (SSSR count). The summed E-state index contributed by atoms with van der Waals surface area (Å²) in [7, 11) is 0. The number of piperazine rings is 1. The molecule has 0 atom stereocenters. The molecule has 6 nitrogen and oxygen atoms in total. The van der Waals surface area contributed by atoms with Gasteiger partial charge >= 0.3 is 5.76 Å². The van der Waals surface area contributed by atoms with E-state index >= 15 is 0 Å². The maximum atomic E-state index is 12.4. The topological polar surface area (TPSA) is 69.6 Å². The number of carbonyl (C=O) groups excluding carboxylic acids is 1. The first kappa shape index (κ1) is 16.4. The Kier molecular flexibility index (Phi) is 4.48. The summed E-state index contributed by atoms with van der Waals surface area (Å²) in [6.07, 6.45) is 1.33. The average molecular weight is 351 g/mol. The molecule has 2 aromatic carbocycles. The predicted octanol–water partition coefficient (Wildman–Crippen LogP) is 2.40. The largest absolute Gasteiger partial charge is 0.417 e. The van der Waals surface area contributed by atoms with Gasteiger partial charge in [-0.1, -0.05) is 30.3 Å². The van der Waals surface area contributed by atoms with Crippen molar-refractivity contribution in [2.24, 2.45) is 0 Å². The zero-order chi connectivity index (χ0) is 17.9. The number of hydrogen-bond donors (Lipinski definition) is 1. The molecular weight excluding hydrogens is 330 g/mol. The zero-order valence-corrected chi connectivity index (χ0v) is 14.5.